The normalized spacial score (nSPS) is 16.7. The van der Waals surface area contributed by atoms with Crippen LogP contribution in [0.15, 0.2) is 36.5 Å². The van der Waals surface area contributed by atoms with E-state index in [0.29, 0.717) is 13.2 Å². The van der Waals surface area contributed by atoms with Crippen LogP contribution in [-0.2, 0) is 10.9 Å². The number of halogens is 3. The number of carbonyl (C=O) groups is 1. The molecule has 0 radical (unpaired) electrons. The second-order valence-electron chi connectivity index (χ2n) is 7.06. The summed E-state index contributed by atoms with van der Waals surface area (Å²) in [7, 11) is 1.64. The van der Waals surface area contributed by atoms with Crippen molar-refractivity contribution in [2.24, 2.45) is 5.41 Å². The molecule has 9 heteroatoms. The maximum absolute atomic E-state index is 12.9. The van der Waals surface area contributed by atoms with Crippen LogP contribution >= 0.6 is 0 Å². The maximum atomic E-state index is 12.9. The molecule has 0 bridgehead atoms. The first-order valence-corrected chi connectivity index (χ1v) is 9.04. The van der Waals surface area contributed by atoms with E-state index in [1.807, 2.05) is 0 Å². The summed E-state index contributed by atoms with van der Waals surface area (Å²) in [5.74, 6) is -0.361. The van der Waals surface area contributed by atoms with Gasteiger partial charge in [0.25, 0.3) is 5.91 Å². The van der Waals surface area contributed by atoms with Crippen LogP contribution in [0.3, 0.4) is 0 Å². The van der Waals surface area contributed by atoms with E-state index in [0.717, 1.165) is 38.1 Å². The number of alkyl halides is 3. The molecular formula is C19H23F3N4O2. The van der Waals surface area contributed by atoms with Crippen molar-refractivity contribution in [3.05, 3.63) is 47.8 Å². The number of hydrogen-bond donors (Lipinski definition) is 2. The van der Waals surface area contributed by atoms with Crippen LogP contribution in [0, 0.1) is 5.41 Å². The first kappa shape index (κ1) is 20.3. The first-order valence-electron chi connectivity index (χ1n) is 9.04. The Bertz CT molecular complexity index is 808. The number of carbonyl (C=O) groups excluding carboxylic acids is 1. The highest BCUT2D eigenvalue weighted by Crippen LogP contribution is 2.30. The van der Waals surface area contributed by atoms with Gasteiger partial charge in [-0.2, -0.15) is 18.3 Å². The number of piperidine rings is 1. The van der Waals surface area contributed by atoms with E-state index in [9.17, 15) is 18.0 Å². The van der Waals surface area contributed by atoms with Gasteiger partial charge < -0.3 is 15.4 Å². The molecule has 1 aromatic heterocycles. The molecule has 2 heterocycles. The van der Waals surface area contributed by atoms with Crippen LogP contribution in [0.5, 0.6) is 0 Å². The molecule has 1 fully saturated rings. The van der Waals surface area contributed by atoms with Crippen molar-refractivity contribution in [1.82, 2.24) is 20.4 Å². The van der Waals surface area contributed by atoms with Gasteiger partial charge in [-0.05, 0) is 50.2 Å². The summed E-state index contributed by atoms with van der Waals surface area (Å²) in [5.41, 5.74) is -0.500. The van der Waals surface area contributed by atoms with Crippen LogP contribution in [0.2, 0.25) is 0 Å². The summed E-state index contributed by atoms with van der Waals surface area (Å²) < 4.78 is 45.2. The lowest BCUT2D eigenvalue weighted by molar-refractivity contribution is -0.137. The monoisotopic (exact) mass is 396 g/mol. The Kier molecular flexibility index (Phi) is 6.04. The van der Waals surface area contributed by atoms with Gasteiger partial charge in [0.05, 0.1) is 17.9 Å². The SMILES string of the molecule is COCC1(CNC(=O)c2ccn(-c3cccc(C(F)(F)F)c3)n2)CCNCC1. The number of methoxy groups -OCH3 is 1. The smallest absolute Gasteiger partial charge is 0.384 e. The van der Waals surface area contributed by atoms with Gasteiger partial charge in [0.1, 0.15) is 0 Å². The van der Waals surface area contributed by atoms with Gasteiger partial charge in [0.15, 0.2) is 5.69 Å². The van der Waals surface area contributed by atoms with E-state index >= 15 is 0 Å². The summed E-state index contributed by atoms with van der Waals surface area (Å²) in [6.07, 6.45) is -1.19. The number of nitrogens with zero attached hydrogens (tertiary/aromatic N) is 2. The van der Waals surface area contributed by atoms with Crippen molar-refractivity contribution in [2.45, 2.75) is 19.0 Å². The summed E-state index contributed by atoms with van der Waals surface area (Å²) >= 11 is 0. The molecule has 6 nitrogen and oxygen atoms in total. The summed E-state index contributed by atoms with van der Waals surface area (Å²) in [6.45, 7) is 2.73. The molecule has 1 aliphatic heterocycles. The minimum atomic E-state index is -4.44. The zero-order valence-corrected chi connectivity index (χ0v) is 15.6. The molecule has 0 atom stereocenters. The largest absolute Gasteiger partial charge is 0.416 e. The van der Waals surface area contributed by atoms with Gasteiger partial charge >= 0.3 is 6.18 Å². The van der Waals surface area contributed by atoms with Crippen LogP contribution in [-0.4, -0.2) is 49.0 Å². The number of amides is 1. The molecule has 1 aliphatic rings. The number of aromatic nitrogens is 2. The third kappa shape index (κ3) is 4.71. The minimum absolute atomic E-state index is 0.126. The summed E-state index contributed by atoms with van der Waals surface area (Å²) in [5, 5.41) is 10.3. The van der Waals surface area contributed by atoms with Gasteiger partial charge in [-0.15, -0.1) is 0 Å². The average Bonchev–Trinajstić information content (AvgIpc) is 3.17. The molecule has 2 N–H and O–H groups in total. The van der Waals surface area contributed by atoms with Gasteiger partial charge in [-0.3, -0.25) is 4.79 Å². The lowest BCUT2D eigenvalue weighted by Crippen LogP contribution is -2.47. The number of ether oxygens (including phenoxy) is 1. The lowest BCUT2D eigenvalue weighted by atomic mass is 9.79. The van der Waals surface area contributed by atoms with Crippen molar-refractivity contribution in [2.75, 3.05) is 33.4 Å². The Balaban J connectivity index is 1.69. The second-order valence-corrected chi connectivity index (χ2v) is 7.06. The molecule has 0 spiro atoms. The molecule has 0 aliphatic carbocycles. The van der Waals surface area contributed by atoms with E-state index < -0.39 is 11.7 Å². The Hall–Kier alpha value is -2.39. The maximum Gasteiger partial charge on any atom is 0.416 e. The second kappa shape index (κ2) is 8.32. The highest BCUT2D eigenvalue weighted by atomic mass is 19.4. The molecule has 28 heavy (non-hydrogen) atoms. The molecule has 1 saturated heterocycles. The summed E-state index contributed by atoms with van der Waals surface area (Å²) in [4.78, 5) is 12.5. The Morgan fingerprint density at radius 3 is 2.75 bits per heavy atom. The van der Waals surface area contributed by atoms with Gasteiger partial charge in [-0.25, -0.2) is 4.68 Å². The van der Waals surface area contributed by atoms with E-state index in [4.69, 9.17) is 4.74 Å². The van der Waals surface area contributed by atoms with E-state index in [-0.39, 0.29) is 22.7 Å². The summed E-state index contributed by atoms with van der Waals surface area (Å²) in [6, 6.07) is 6.30. The Morgan fingerprint density at radius 2 is 2.07 bits per heavy atom. The number of hydrogen-bond acceptors (Lipinski definition) is 4. The van der Waals surface area contributed by atoms with Crippen molar-refractivity contribution >= 4 is 5.91 Å². The van der Waals surface area contributed by atoms with Crippen molar-refractivity contribution in [3.63, 3.8) is 0 Å². The lowest BCUT2D eigenvalue weighted by Gasteiger charge is -2.37. The topological polar surface area (TPSA) is 68.2 Å². The van der Waals surface area contributed by atoms with E-state index in [1.165, 1.54) is 29.1 Å². The number of nitrogens with one attached hydrogen (secondary N) is 2. The van der Waals surface area contributed by atoms with Gasteiger partial charge in [0, 0.05) is 25.3 Å². The number of benzene rings is 1. The van der Waals surface area contributed by atoms with Gasteiger partial charge in [-0.1, -0.05) is 6.07 Å². The fraction of sp³-hybridized carbons (Fsp3) is 0.474. The van der Waals surface area contributed by atoms with E-state index in [1.54, 1.807) is 7.11 Å². The third-order valence-electron chi connectivity index (χ3n) is 5.00. The zero-order valence-electron chi connectivity index (χ0n) is 15.6. The Morgan fingerprint density at radius 1 is 1.32 bits per heavy atom. The van der Waals surface area contributed by atoms with Crippen LogP contribution < -0.4 is 10.6 Å². The third-order valence-corrected chi connectivity index (χ3v) is 5.00. The van der Waals surface area contributed by atoms with E-state index in [2.05, 4.69) is 15.7 Å². The molecule has 3 rings (SSSR count). The molecule has 1 amide bonds. The van der Waals surface area contributed by atoms with Crippen LogP contribution in [0.1, 0.15) is 28.9 Å². The molecular weight excluding hydrogens is 373 g/mol. The molecule has 152 valence electrons. The molecule has 0 unspecified atom stereocenters. The highest BCUT2D eigenvalue weighted by Gasteiger charge is 2.33. The van der Waals surface area contributed by atoms with Gasteiger partial charge in [0.2, 0.25) is 0 Å². The fourth-order valence-corrected chi connectivity index (χ4v) is 3.41. The van der Waals surface area contributed by atoms with Crippen molar-refractivity contribution < 1.29 is 22.7 Å². The van der Waals surface area contributed by atoms with Crippen molar-refractivity contribution in [1.29, 1.82) is 0 Å². The van der Waals surface area contributed by atoms with Crippen molar-refractivity contribution in [3.8, 4) is 5.69 Å². The minimum Gasteiger partial charge on any atom is -0.384 e. The Labute approximate surface area is 161 Å². The standard InChI is InChI=1S/C19H23F3N4O2/c1-28-13-18(6-8-23-9-7-18)12-24-17(27)16-5-10-26(25-16)15-4-2-3-14(11-15)19(20,21)22/h2-5,10-11,23H,6-9,12-13H2,1H3,(H,24,27). The predicted octanol–water partition coefficient (Wildman–Crippen LogP) is 2.64. The number of rotatable bonds is 6. The quantitative estimate of drug-likeness (QED) is 0.788. The zero-order chi connectivity index (χ0) is 20.2. The first-order chi connectivity index (χ1) is 13.3. The fourth-order valence-electron chi connectivity index (χ4n) is 3.41. The van der Waals surface area contributed by atoms with Crippen LogP contribution in [0.25, 0.3) is 5.69 Å². The van der Waals surface area contributed by atoms with Crippen LogP contribution in [0.4, 0.5) is 13.2 Å². The molecule has 2 aromatic rings. The molecule has 0 saturated carbocycles. The molecule has 1 aromatic carbocycles. The predicted molar refractivity (Wildman–Crippen MR) is 97.3 cm³/mol. The highest BCUT2D eigenvalue weighted by molar-refractivity contribution is 5.92. The average molecular weight is 396 g/mol.